The number of nitrogens with zero attached hydrogens (tertiary/aromatic N) is 1. The number of benzene rings is 1. The van der Waals surface area contributed by atoms with Gasteiger partial charge in [-0.05, 0) is 24.6 Å². The van der Waals surface area contributed by atoms with Crippen molar-refractivity contribution >= 4 is 29.2 Å². The number of hydrogen-bond acceptors (Lipinski definition) is 3. The average Bonchev–Trinajstić information content (AvgIpc) is 2.43. The third kappa shape index (κ3) is 3.58. The zero-order valence-corrected chi connectivity index (χ0v) is 12.0. The molecule has 2 rings (SSSR count). The molecule has 1 amide bonds. The number of anilines is 1. The SMILES string of the molecule is Cc1c(NC(=O)Cc2ccccc2Cl)ccnc1C(=O)O. The van der Waals surface area contributed by atoms with Gasteiger partial charge in [-0.25, -0.2) is 9.78 Å². The van der Waals surface area contributed by atoms with E-state index in [1.165, 1.54) is 6.20 Å². The van der Waals surface area contributed by atoms with Crippen molar-refractivity contribution in [2.45, 2.75) is 13.3 Å². The Bertz CT molecular complexity index is 701. The summed E-state index contributed by atoms with van der Waals surface area (Å²) in [4.78, 5) is 26.8. The van der Waals surface area contributed by atoms with E-state index in [1.807, 2.05) is 0 Å². The number of hydrogen-bond donors (Lipinski definition) is 2. The molecule has 0 aliphatic carbocycles. The van der Waals surface area contributed by atoms with E-state index in [0.717, 1.165) is 0 Å². The van der Waals surface area contributed by atoms with Crippen molar-refractivity contribution in [1.29, 1.82) is 0 Å². The summed E-state index contributed by atoms with van der Waals surface area (Å²) < 4.78 is 0. The fourth-order valence-corrected chi connectivity index (χ4v) is 2.10. The van der Waals surface area contributed by atoms with Crippen molar-refractivity contribution in [3.05, 3.63) is 58.4 Å². The molecule has 1 aromatic carbocycles. The van der Waals surface area contributed by atoms with Gasteiger partial charge in [-0.3, -0.25) is 4.79 Å². The fraction of sp³-hybridized carbons (Fsp3) is 0.133. The van der Waals surface area contributed by atoms with Gasteiger partial charge in [-0.2, -0.15) is 0 Å². The van der Waals surface area contributed by atoms with Crippen molar-refractivity contribution in [1.82, 2.24) is 4.98 Å². The number of nitrogens with one attached hydrogen (secondary N) is 1. The molecule has 5 nitrogen and oxygen atoms in total. The summed E-state index contributed by atoms with van der Waals surface area (Å²) in [5, 5.41) is 12.2. The van der Waals surface area contributed by atoms with Crippen LogP contribution in [0.15, 0.2) is 36.5 Å². The standard InChI is InChI=1S/C15H13ClN2O3/c1-9-12(6-7-17-14(9)15(20)21)18-13(19)8-10-4-2-3-5-11(10)16/h2-7H,8H2,1H3,(H,20,21)(H,17,18,19). The van der Waals surface area contributed by atoms with E-state index in [-0.39, 0.29) is 18.0 Å². The minimum absolute atomic E-state index is 0.0782. The lowest BCUT2D eigenvalue weighted by Crippen LogP contribution is -2.16. The Labute approximate surface area is 126 Å². The van der Waals surface area contributed by atoms with Gasteiger partial charge in [-0.1, -0.05) is 29.8 Å². The number of aromatic nitrogens is 1. The van der Waals surface area contributed by atoms with Gasteiger partial charge < -0.3 is 10.4 Å². The van der Waals surface area contributed by atoms with Gasteiger partial charge in [0.2, 0.25) is 5.91 Å². The number of pyridine rings is 1. The Morgan fingerprint density at radius 1 is 1.29 bits per heavy atom. The fourth-order valence-electron chi connectivity index (χ4n) is 1.90. The molecule has 21 heavy (non-hydrogen) atoms. The zero-order valence-electron chi connectivity index (χ0n) is 11.3. The van der Waals surface area contributed by atoms with E-state index in [2.05, 4.69) is 10.3 Å². The van der Waals surface area contributed by atoms with Crippen molar-refractivity contribution in [2.24, 2.45) is 0 Å². The van der Waals surface area contributed by atoms with E-state index in [0.29, 0.717) is 21.8 Å². The van der Waals surface area contributed by atoms with Crippen molar-refractivity contribution in [3.63, 3.8) is 0 Å². The first-order valence-electron chi connectivity index (χ1n) is 6.21. The van der Waals surface area contributed by atoms with Gasteiger partial charge in [0.15, 0.2) is 5.69 Å². The van der Waals surface area contributed by atoms with Crippen LogP contribution >= 0.6 is 11.6 Å². The number of rotatable bonds is 4. The molecule has 0 saturated heterocycles. The topological polar surface area (TPSA) is 79.3 Å². The molecule has 2 aromatic rings. The molecule has 2 N–H and O–H groups in total. The van der Waals surface area contributed by atoms with Gasteiger partial charge in [0, 0.05) is 22.5 Å². The van der Waals surface area contributed by atoms with Crippen LogP contribution in [0.2, 0.25) is 5.02 Å². The second kappa shape index (κ2) is 6.37. The van der Waals surface area contributed by atoms with Crippen LogP contribution in [-0.4, -0.2) is 22.0 Å². The number of aromatic carboxylic acids is 1. The molecular weight excluding hydrogens is 292 g/mol. The maximum absolute atomic E-state index is 12.0. The Morgan fingerprint density at radius 2 is 2.00 bits per heavy atom. The first kappa shape index (κ1) is 15.0. The summed E-state index contributed by atoms with van der Waals surface area (Å²) in [5.74, 6) is -1.40. The van der Waals surface area contributed by atoms with Crippen LogP contribution in [0.3, 0.4) is 0 Å². The molecular formula is C15H13ClN2O3. The summed E-state index contributed by atoms with van der Waals surface area (Å²) >= 11 is 6.00. The van der Waals surface area contributed by atoms with Crippen LogP contribution in [-0.2, 0) is 11.2 Å². The third-order valence-electron chi connectivity index (χ3n) is 2.99. The highest BCUT2D eigenvalue weighted by molar-refractivity contribution is 6.31. The Balaban J connectivity index is 2.15. The summed E-state index contributed by atoms with van der Waals surface area (Å²) in [5.41, 5.74) is 1.48. The number of halogens is 1. The highest BCUT2D eigenvalue weighted by atomic mass is 35.5. The Kier molecular flexibility index (Phi) is 4.55. The molecule has 1 heterocycles. The zero-order chi connectivity index (χ0) is 15.4. The predicted octanol–water partition coefficient (Wildman–Crippen LogP) is 2.92. The van der Waals surface area contributed by atoms with E-state index in [4.69, 9.17) is 16.7 Å². The van der Waals surface area contributed by atoms with E-state index in [9.17, 15) is 9.59 Å². The van der Waals surface area contributed by atoms with Crippen LogP contribution in [0.5, 0.6) is 0 Å². The summed E-state index contributed by atoms with van der Waals surface area (Å²) in [7, 11) is 0. The molecule has 108 valence electrons. The van der Waals surface area contributed by atoms with Crippen LogP contribution < -0.4 is 5.32 Å². The maximum atomic E-state index is 12.0. The largest absolute Gasteiger partial charge is 0.477 e. The minimum Gasteiger partial charge on any atom is -0.477 e. The average molecular weight is 305 g/mol. The van der Waals surface area contributed by atoms with Crippen LogP contribution in [0, 0.1) is 6.92 Å². The van der Waals surface area contributed by atoms with Crippen LogP contribution in [0.25, 0.3) is 0 Å². The normalized spacial score (nSPS) is 10.2. The summed E-state index contributed by atoms with van der Waals surface area (Å²) in [6.07, 6.45) is 1.46. The predicted molar refractivity (Wildman–Crippen MR) is 79.7 cm³/mol. The second-order valence-electron chi connectivity index (χ2n) is 4.45. The van der Waals surface area contributed by atoms with Gasteiger partial charge in [0.05, 0.1) is 6.42 Å². The lowest BCUT2D eigenvalue weighted by atomic mass is 10.1. The number of carbonyl (C=O) groups is 2. The van der Waals surface area contributed by atoms with Crippen molar-refractivity contribution in [3.8, 4) is 0 Å². The lowest BCUT2D eigenvalue weighted by Gasteiger charge is -2.10. The first-order valence-corrected chi connectivity index (χ1v) is 6.59. The van der Waals surface area contributed by atoms with E-state index < -0.39 is 5.97 Å². The molecule has 0 saturated carbocycles. The summed E-state index contributed by atoms with van der Waals surface area (Å²) in [6.45, 7) is 1.60. The highest BCUT2D eigenvalue weighted by Crippen LogP contribution is 2.19. The monoisotopic (exact) mass is 304 g/mol. The highest BCUT2D eigenvalue weighted by Gasteiger charge is 2.14. The molecule has 0 unspecified atom stereocenters. The molecule has 0 aliphatic heterocycles. The molecule has 0 bridgehead atoms. The Morgan fingerprint density at radius 3 is 2.67 bits per heavy atom. The van der Waals surface area contributed by atoms with Gasteiger partial charge >= 0.3 is 5.97 Å². The number of carboxylic acids is 1. The van der Waals surface area contributed by atoms with Crippen LogP contribution in [0.1, 0.15) is 21.6 Å². The third-order valence-corrected chi connectivity index (χ3v) is 3.36. The summed E-state index contributed by atoms with van der Waals surface area (Å²) in [6, 6.07) is 8.63. The quantitative estimate of drug-likeness (QED) is 0.910. The van der Waals surface area contributed by atoms with Gasteiger partial charge in [-0.15, -0.1) is 0 Å². The number of carbonyl (C=O) groups excluding carboxylic acids is 1. The van der Waals surface area contributed by atoms with E-state index >= 15 is 0 Å². The van der Waals surface area contributed by atoms with Gasteiger partial charge in [0.1, 0.15) is 0 Å². The molecule has 6 heteroatoms. The Hall–Kier alpha value is -2.40. The maximum Gasteiger partial charge on any atom is 0.354 e. The van der Waals surface area contributed by atoms with E-state index in [1.54, 1.807) is 37.3 Å². The molecule has 0 fully saturated rings. The molecule has 1 aromatic heterocycles. The first-order chi connectivity index (χ1) is 9.99. The lowest BCUT2D eigenvalue weighted by molar-refractivity contribution is -0.115. The number of amides is 1. The molecule has 0 radical (unpaired) electrons. The smallest absolute Gasteiger partial charge is 0.354 e. The second-order valence-corrected chi connectivity index (χ2v) is 4.86. The van der Waals surface area contributed by atoms with Crippen molar-refractivity contribution < 1.29 is 14.7 Å². The van der Waals surface area contributed by atoms with Gasteiger partial charge in [0.25, 0.3) is 0 Å². The minimum atomic E-state index is -1.13. The molecule has 0 aliphatic rings. The van der Waals surface area contributed by atoms with Crippen LogP contribution in [0.4, 0.5) is 5.69 Å². The van der Waals surface area contributed by atoms with Crippen molar-refractivity contribution in [2.75, 3.05) is 5.32 Å². The number of carboxylic acid groups (broad SMARTS) is 1. The molecule has 0 spiro atoms. The molecule has 0 atom stereocenters.